The number of nitrogens with zero attached hydrogens (tertiary/aromatic N) is 2. The summed E-state index contributed by atoms with van der Waals surface area (Å²) in [5.74, 6) is 5.47. The van der Waals surface area contributed by atoms with E-state index in [-0.39, 0.29) is 11.0 Å². The zero-order valence-corrected chi connectivity index (χ0v) is 12.2. The van der Waals surface area contributed by atoms with Crippen molar-refractivity contribution in [3.05, 3.63) is 63.7 Å². The second kappa shape index (κ2) is 6.38. The topological polar surface area (TPSA) is 45.5 Å². The first-order valence-corrected chi connectivity index (χ1v) is 6.52. The molecule has 0 spiro atoms. The van der Waals surface area contributed by atoms with Crippen molar-refractivity contribution in [1.82, 2.24) is 4.98 Å². The molecular weight excluding hydrogens is 291 g/mol. The van der Waals surface area contributed by atoms with Crippen LogP contribution in [-0.2, 0) is 0 Å². The molecule has 0 aliphatic heterocycles. The van der Waals surface area contributed by atoms with Crippen LogP contribution in [0.5, 0.6) is 0 Å². The lowest BCUT2D eigenvalue weighted by Crippen LogP contribution is -2.00. The Labute approximate surface area is 127 Å². The number of hydrogen-bond acceptors (Lipinski definition) is 3. The Hall–Kier alpha value is -2.38. The number of hydrogen-bond donors (Lipinski definition) is 1. The Morgan fingerprint density at radius 2 is 2.00 bits per heavy atom. The summed E-state index contributed by atoms with van der Waals surface area (Å²) >= 11 is 5.84. The first kappa shape index (κ1) is 15.0. The van der Waals surface area contributed by atoms with Crippen LogP contribution in [0.25, 0.3) is 0 Å². The second-order valence-electron chi connectivity index (χ2n) is 4.45. The number of oxime groups is 1. The molecule has 3 nitrogen and oxygen atoms in total. The Morgan fingerprint density at radius 1 is 1.29 bits per heavy atom. The highest BCUT2D eigenvalue weighted by atomic mass is 35.5. The Kier molecular flexibility index (Phi) is 4.56. The molecule has 1 aromatic heterocycles. The van der Waals surface area contributed by atoms with Crippen LogP contribution in [0.2, 0.25) is 5.15 Å². The zero-order chi connectivity index (χ0) is 15.4. The van der Waals surface area contributed by atoms with E-state index in [0.29, 0.717) is 22.4 Å². The SMILES string of the molecule is C/C(=N\O)c1cc(Cl)ncc1C#Cc1cc(F)ccc1C. The molecule has 5 heteroatoms. The van der Waals surface area contributed by atoms with Crippen LogP contribution in [0.1, 0.15) is 29.2 Å². The molecule has 0 atom stereocenters. The average molecular weight is 303 g/mol. The van der Waals surface area contributed by atoms with Gasteiger partial charge in [-0.3, -0.25) is 0 Å². The molecule has 1 aromatic carbocycles. The minimum atomic E-state index is -0.340. The Bertz CT molecular complexity index is 776. The molecule has 0 saturated carbocycles. The number of aromatic nitrogens is 1. The molecule has 0 amide bonds. The predicted octanol–water partition coefficient (Wildman–Crippen LogP) is 3.78. The molecule has 0 fully saturated rings. The van der Waals surface area contributed by atoms with Crippen molar-refractivity contribution in [3.63, 3.8) is 0 Å². The van der Waals surface area contributed by atoms with Crippen molar-refractivity contribution in [2.24, 2.45) is 5.16 Å². The maximum Gasteiger partial charge on any atom is 0.129 e. The molecule has 1 N–H and O–H groups in total. The van der Waals surface area contributed by atoms with E-state index in [1.165, 1.54) is 18.3 Å². The van der Waals surface area contributed by atoms with Crippen molar-refractivity contribution in [2.45, 2.75) is 13.8 Å². The molecule has 0 saturated heterocycles. The quantitative estimate of drug-likeness (QED) is 0.286. The van der Waals surface area contributed by atoms with E-state index in [4.69, 9.17) is 16.8 Å². The fourth-order valence-electron chi connectivity index (χ4n) is 1.75. The predicted molar refractivity (Wildman–Crippen MR) is 80.4 cm³/mol. The number of rotatable bonds is 1. The van der Waals surface area contributed by atoms with Gasteiger partial charge in [0.05, 0.1) is 11.3 Å². The van der Waals surface area contributed by atoms with Gasteiger partial charge in [-0.05, 0) is 37.6 Å². The third-order valence-electron chi connectivity index (χ3n) is 2.94. The molecular formula is C16H12ClFN2O. The van der Waals surface area contributed by atoms with Crippen LogP contribution in [0.3, 0.4) is 0 Å². The van der Waals surface area contributed by atoms with Gasteiger partial charge in [-0.1, -0.05) is 34.7 Å². The van der Waals surface area contributed by atoms with Crippen molar-refractivity contribution in [3.8, 4) is 11.8 Å². The molecule has 0 radical (unpaired) electrons. The van der Waals surface area contributed by atoms with Crippen LogP contribution in [-0.4, -0.2) is 15.9 Å². The van der Waals surface area contributed by atoms with Gasteiger partial charge in [0.2, 0.25) is 0 Å². The van der Waals surface area contributed by atoms with Gasteiger partial charge < -0.3 is 5.21 Å². The van der Waals surface area contributed by atoms with Gasteiger partial charge >= 0.3 is 0 Å². The molecule has 2 aromatic rings. The summed E-state index contributed by atoms with van der Waals surface area (Å²) in [6.07, 6.45) is 1.49. The summed E-state index contributed by atoms with van der Waals surface area (Å²) in [7, 11) is 0. The highest BCUT2D eigenvalue weighted by molar-refractivity contribution is 6.29. The van der Waals surface area contributed by atoms with E-state index in [2.05, 4.69) is 22.0 Å². The zero-order valence-electron chi connectivity index (χ0n) is 11.5. The lowest BCUT2D eigenvalue weighted by molar-refractivity contribution is 0.319. The van der Waals surface area contributed by atoms with Crippen LogP contribution >= 0.6 is 11.6 Å². The highest BCUT2D eigenvalue weighted by Gasteiger charge is 2.06. The minimum Gasteiger partial charge on any atom is -0.411 e. The molecule has 2 rings (SSSR count). The average Bonchev–Trinajstić information content (AvgIpc) is 2.48. The van der Waals surface area contributed by atoms with Gasteiger partial charge in [0.1, 0.15) is 11.0 Å². The van der Waals surface area contributed by atoms with E-state index in [1.54, 1.807) is 19.1 Å². The number of aryl methyl sites for hydroxylation is 1. The third-order valence-corrected chi connectivity index (χ3v) is 3.15. The van der Waals surface area contributed by atoms with E-state index in [9.17, 15) is 4.39 Å². The maximum atomic E-state index is 13.2. The van der Waals surface area contributed by atoms with Crippen LogP contribution in [0.4, 0.5) is 4.39 Å². The van der Waals surface area contributed by atoms with Gasteiger partial charge in [0.25, 0.3) is 0 Å². The van der Waals surface area contributed by atoms with Gasteiger partial charge in [-0.15, -0.1) is 0 Å². The van der Waals surface area contributed by atoms with Crippen molar-refractivity contribution in [1.29, 1.82) is 0 Å². The van der Waals surface area contributed by atoms with E-state index < -0.39 is 0 Å². The van der Waals surface area contributed by atoms with Crippen LogP contribution in [0.15, 0.2) is 35.6 Å². The monoisotopic (exact) mass is 302 g/mol. The minimum absolute atomic E-state index is 0.278. The van der Waals surface area contributed by atoms with E-state index >= 15 is 0 Å². The normalized spacial score (nSPS) is 11.0. The molecule has 1 heterocycles. The summed E-state index contributed by atoms with van der Waals surface area (Å²) in [6, 6.07) is 6.00. The number of benzene rings is 1. The number of pyridine rings is 1. The molecule has 106 valence electrons. The van der Waals surface area contributed by atoms with Crippen molar-refractivity contribution >= 4 is 17.3 Å². The molecule has 0 aliphatic carbocycles. The first-order valence-electron chi connectivity index (χ1n) is 6.14. The fraction of sp³-hybridized carbons (Fsp3) is 0.125. The van der Waals surface area contributed by atoms with Crippen molar-refractivity contribution < 1.29 is 9.60 Å². The number of halogens is 2. The van der Waals surface area contributed by atoms with Crippen LogP contribution < -0.4 is 0 Å². The molecule has 0 unspecified atom stereocenters. The largest absolute Gasteiger partial charge is 0.411 e. The van der Waals surface area contributed by atoms with Gasteiger partial charge in [0, 0.05) is 17.3 Å². The standard InChI is InChI=1S/C16H12ClFN2O/c1-10-3-6-14(18)7-12(10)4-5-13-9-19-16(17)8-15(13)11(2)20-21/h3,6-9,21H,1-2H3/b20-11+. The van der Waals surface area contributed by atoms with Gasteiger partial charge in [0.15, 0.2) is 0 Å². The van der Waals surface area contributed by atoms with E-state index in [0.717, 1.165) is 5.56 Å². The third kappa shape index (κ3) is 3.59. The fourth-order valence-corrected chi connectivity index (χ4v) is 1.90. The molecule has 21 heavy (non-hydrogen) atoms. The summed E-state index contributed by atoms with van der Waals surface area (Å²) < 4.78 is 13.2. The summed E-state index contributed by atoms with van der Waals surface area (Å²) in [6.45, 7) is 3.48. The van der Waals surface area contributed by atoms with Crippen LogP contribution in [0, 0.1) is 24.6 Å². The Morgan fingerprint density at radius 3 is 2.71 bits per heavy atom. The smallest absolute Gasteiger partial charge is 0.129 e. The Balaban J connectivity index is 2.50. The molecule has 0 bridgehead atoms. The second-order valence-corrected chi connectivity index (χ2v) is 4.83. The van der Waals surface area contributed by atoms with Gasteiger partial charge in [-0.2, -0.15) is 0 Å². The summed E-state index contributed by atoms with van der Waals surface area (Å²) in [5, 5.41) is 12.3. The molecule has 0 aliphatic rings. The first-order chi connectivity index (χ1) is 10.0. The van der Waals surface area contributed by atoms with E-state index in [1.807, 2.05) is 6.92 Å². The highest BCUT2D eigenvalue weighted by Crippen LogP contribution is 2.14. The van der Waals surface area contributed by atoms with Gasteiger partial charge in [-0.25, -0.2) is 9.37 Å². The summed E-state index contributed by atoms with van der Waals surface area (Å²) in [4.78, 5) is 3.96. The summed E-state index contributed by atoms with van der Waals surface area (Å²) in [5.41, 5.74) is 2.98. The lowest BCUT2D eigenvalue weighted by Gasteiger charge is -2.03. The maximum absolute atomic E-state index is 13.2. The lowest BCUT2D eigenvalue weighted by atomic mass is 10.1. The van der Waals surface area contributed by atoms with Crippen molar-refractivity contribution in [2.75, 3.05) is 0 Å².